The van der Waals surface area contributed by atoms with E-state index in [2.05, 4.69) is 11.7 Å². The molecule has 0 rings (SSSR count). The monoisotopic (exact) mass is 149 g/mol. The highest BCUT2D eigenvalue weighted by Crippen LogP contribution is 1.94. The molecular formula is C6H10ClO2. The van der Waals surface area contributed by atoms with Crippen molar-refractivity contribution in [2.24, 2.45) is 5.92 Å². The molecule has 1 radical (unpaired) electrons. The smallest absolute Gasteiger partial charge is 0.308 e. The number of esters is 1. The van der Waals surface area contributed by atoms with Crippen LogP contribution in [0.3, 0.4) is 0 Å². The number of carbonyl (C=O) groups is 1. The van der Waals surface area contributed by atoms with Crippen LogP contribution in [0.5, 0.6) is 0 Å². The van der Waals surface area contributed by atoms with Crippen molar-refractivity contribution in [2.45, 2.75) is 6.92 Å². The van der Waals surface area contributed by atoms with Gasteiger partial charge >= 0.3 is 5.97 Å². The average Bonchev–Trinajstić information content (AvgIpc) is 1.82. The second kappa shape index (κ2) is 4.62. The van der Waals surface area contributed by atoms with E-state index in [1.54, 1.807) is 6.92 Å². The van der Waals surface area contributed by atoms with Crippen LogP contribution in [-0.2, 0) is 9.53 Å². The van der Waals surface area contributed by atoms with Crippen molar-refractivity contribution in [3.8, 4) is 0 Å². The number of rotatable bonds is 3. The molecule has 0 heterocycles. The third-order valence-corrected chi connectivity index (χ3v) is 0.878. The van der Waals surface area contributed by atoms with Gasteiger partial charge in [0.1, 0.15) is 6.61 Å². The first-order chi connectivity index (χ1) is 4.18. The standard InChI is InChI=1S/C6H10ClO2/c1-5(2)6(8)9-4-3-7/h5H,1,3-4H2,2H3. The highest BCUT2D eigenvalue weighted by molar-refractivity contribution is 6.18. The van der Waals surface area contributed by atoms with E-state index in [-0.39, 0.29) is 18.5 Å². The predicted molar refractivity (Wildman–Crippen MR) is 36.2 cm³/mol. The predicted octanol–water partition coefficient (Wildman–Crippen LogP) is 1.24. The van der Waals surface area contributed by atoms with Crippen molar-refractivity contribution in [3.63, 3.8) is 0 Å². The third-order valence-electron chi connectivity index (χ3n) is 0.724. The molecular weight excluding hydrogens is 140 g/mol. The summed E-state index contributed by atoms with van der Waals surface area (Å²) in [5.41, 5.74) is 0. The van der Waals surface area contributed by atoms with Gasteiger partial charge in [-0.2, -0.15) is 0 Å². The van der Waals surface area contributed by atoms with E-state index >= 15 is 0 Å². The van der Waals surface area contributed by atoms with Crippen LogP contribution in [0.1, 0.15) is 6.92 Å². The minimum absolute atomic E-state index is 0.278. The lowest BCUT2D eigenvalue weighted by Crippen LogP contribution is -2.12. The fourth-order valence-electron chi connectivity index (χ4n) is 0.281. The molecule has 0 aliphatic rings. The normalized spacial score (nSPS) is 9.78. The Morgan fingerprint density at radius 1 is 1.89 bits per heavy atom. The first-order valence-corrected chi connectivity index (χ1v) is 3.27. The van der Waals surface area contributed by atoms with Gasteiger partial charge in [-0.15, -0.1) is 11.6 Å². The van der Waals surface area contributed by atoms with Gasteiger partial charge in [-0.05, 0) is 6.92 Å². The van der Waals surface area contributed by atoms with Gasteiger partial charge in [0, 0.05) is 0 Å². The molecule has 0 aromatic rings. The molecule has 0 saturated heterocycles. The van der Waals surface area contributed by atoms with Crippen molar-refractivity contribution < 1.29 is 9.53 Å². The van der Waals surface area contributed by atoms with Crippen LogP contribution < -0.4 is 0 Å². The summed E-state index contributed by atoms with van der Waals surface area (Å²) < 4.78 is 4.62. The van der Waals surface area contributed by atoms with Gasteiger partial charge in [-0.25, -0.2) is 0 Å². The minimum Gasteiger partial charge on any atom is -0.464 e. The number of alkyl halides is 1. The number of hydrogen-bond donors (Lipinski definition) is 0. The first kappa shape index (κ1) is 8.76. The van der Waals surface area contributed by atoms with Crippen LogP contribution in [0, 0.1) is 12.8 Å². The third kappa shape index (κ3) is 4.28. The summed E-state index contributed by atoms with van der Waals surface area (Å²) in [5, 5.41) is 0. The van der Waals surface area contributed by atoms with Crippen LogP contribution in [-0.4, -0.2) is 18.5 Å². The Labute approximate surface area is 60.1 Å². The first-order valence-electron chi connectivity index (χ1n) is 2.74. The van der Waals surface area contributed by atoms with E-state index < -0.39 is 0 Å². The summed E-state index contributed by atoms with van der Waals surface area (Å²) in [6.07, 6.45) is 0. The SMILES string of the molecule is [CH2]C(C)C(=O)OCCCl. The molecule has 2 nitrogen and oxygen atoms in total. The molecule has 3 heteroatoms. The van der Waals surface area contributed by atoms with Gasteiger partial charge in [-0.1, -0.05) is 6.92 Å². The number of carbonyl (C=O) groups excluding carboxylic acids is 1. The van der Waals surface area contributed by atoms with Gasteiger partial charge < -0.3 is 4.74 Å². The Balaban J connectivity index is 3.28. The van der Waals surface area contributed by atoms with Crippen molar-refractivity contribution >= 4 is 17.6 Å². The summed E-state index contributed by atoms with van der Waals surface area (Å²) in [7, 11) is 0. The van der Waals surface area contributed by atoms with E-state index in [0.29, 0.717) is 5.88 Å². The summed E-state index contributed by atoms with van der Waals surface area (Å²) in [6.45, 7) is 5.43. The van der Waals surface area contributed by atoms with Gasteiger partial charge in [0.2, 0.25) is 0 Å². The molecule has 0 aromatic heterocycles. The molecule has 9 heavy (non-hydrogen) atoms. The van der Waals surface area contributed by atoms with Crippen LogP contribution in [0.2, 0.25) is 0 Å². The molecule has 1 atom stereocenters. The van der Waals surface area contributed by atoms with Crippen LogP contribution in [0.15, 0.2) is 0 Å². The molecule has 1 unspecified atom stereocenters. The quantitative estimate of drug-likeness (QED) is 0.446. The zero-order valence-electron chi connectivity index (χ0n) is 5.39. The molecule has 0 bridgehead atoms. The van der Waals surface area contributed by atoms with Gasteiger partial charge in [0.15, 0.2) is 0 Å². The summed E-state index contributed by atoms with van der Waals surface area (Å²) in [6, 6.07) is 0. The molecule has 0 amide bonds. The highest BCUT2D eigenvalue weighted by atomic mass is 35.5. The lowest BCUT2D eigenvalue weighted by molar-refractivity contribution is -0.145. The number of hydrogen-bond acceptors (Lipinski definition) is 2. The number of halogens is 1. The Morgan fingerprint density at radius 3 is 2.78 bits per heavy atom. The second-order valence-corrected chi connectivity index (χ2v) is 2.14. The van der Waals surface area contributed by atoms with Crippen molar-refractivity contribution in [2.75, 3.05) is 12.5 Å². The summed E-state index contributed by atoms with van der Waals surface area (Å²) in [5.74, 6) is -0.248. The molecule has 0 spiro atoms. The van der Waals surface area contributed by atoms with Crippen molar-refractivity contribution in [1.82, 2.24) is 0 Å². The molecule has 0 aliphatic carbocycles. The highest BCUT2D eigenvalue weighted by Gasteiger charge is 2.06. The average molecular weight is 150 g/mol. The van der Waals surface area contributed by atoms with Gasteiger partial charge in [0.05, 0.1) is 11.8 Å². The van der Waals surface area contributed by atoms with E-state index in [0.717, 1.165) is 0 Å². The fourth-order valence-corrected chi connectivity index (χ4v) is 0.359. The topological polar surface area (TPSA) is 26.3 Å². The zero-order chi connectivity index (χ0) is 7.28. The maximum absolute atomic E-state index is 10.6. The largest absolute Gasteiger partial charge is 0.464 e. The lowest BCUT2D eigenvalue weighted by atomic mass is 10.2. The minimum atomic E-state index is -0.298. The lowest BCUT2D eigenvalue weighted by Gasteiger charge is -2.03. The van der Waals surface area contributed by atoms with Crippen LogP contribution in [0.4, 0.5) is 0 Å². The van der Waals surface area contributed by atoms with Crippen LogP contribution >= 0.6 is 11.6 Å². The van der Waals surface area contributed by atoms with Gasteiger partial charge in [-0.3, -0.25) is 4.79 Å². The summed E-state index contributed by atoms with van der Waals surface area (Å²) in [4.78, 5) is 10.6. The maximum Gasteiger partial charge on any atom is 0.308 e. The van der Waals surface area contributed by atoms with E-state index in [1.165, 1.54) is 0 Å². The summed E-state index contributed by atoms with van der Waals surface area (Å²) >= 11 is 5.25. The Hall–Kier alpha value is -0.240. The van der Waals surface area contributed by atoms with E-state index in [4.69, 9.17) is 11.6 Å². The van der Waals surface area contributed by atoms with Crippen molar-refractivity contribution in [1.29, 1.82) is 0 Å². The zero-order valence-corrected chi connectivity index (χ0v) is 6.15. The molecule has 0 fully saturated rings. The Bertz CT molecular complexity index is 91.1. The number of ether oxygens (including phenoxy) is 1. The Morgan fingerprint density at radius 2 is 2.44 bits per heavy atom. The van der Waals surface area contributed by atoms with E-state index in [9.17, 15) is 4.79 Å². The molecule has 0 N–H and O–H groups in total. The maximum atomic E-state index is 10.6. The van der Waals surface area contributed by atoms with Crippen LogP contribution in [0.25, 0.3) is 0 Å². The second-order valence-electron chi connectivity index (χ2n) is 1.76. The van der Waals surface area contributed by atoms with Gasteiger partial charge in [0.25, 0.3) is 0 Å². The molecule has 53 valence electrons. The molecule has 0 aliphatic heterocycles. The fraction of sp³-hybridized carbons (Fsp3) is 0.667. The molecule has 0 aromatic carbocycles. The molecule has 0 saturated carbocycles. The van der Waals surface area contributed by atoms with E-state index in [1.807, 2.05) is 0 Å². The van der Waals surface area contributed by atoms with Crippen molar-refractivity contribution in [3.05, 3.63) is 6.92 Å². The Kier molecular flexibility index (Phi) is 4.50.